The van der Waals surface area contributed by atoms with E-state index in [1.807, 2.05) is 0 Å². The standard InChI is InChI=1S/C11H16O5S2/c1-16-18(14,15)10-6-5-9-17(12,13)11-7-3-2-4-8-11/h2-4,7-8H,5-6,9-10H2,1H3. The van der Waals surface area contributed by atoms with Gasteiger partial charge in [-0.3, -0.25) is 4.18 Å². The van der Waals surface area contributed by atoms with Gasteiger partial charge in [0.05, 0.1) is 23.5 Å². The highest BCUT2D eigenvalue weighted by Crippen LogP contribution is 2.12. The summed E-state index contributed by atoms with van der Waals surface area (Å²) < 4.78 is 50.0. The predicted molar refractivity (Wildman–Crippen MR) is 68.5 cm³/mol. The van der Waals surface area contributed by atoms with Crippen molar-refractivity contribution >= 4 is 20.0 Å². The topological polar surface area (TPSA) is 77.5 Å². The molecule has 0 unspecified atom stereocenters. The van der Waals surface area contributed by atoms with Gasteiger partial charge in [0.25, 0.3) is 10.1 Å². The Hall–Kier alpha value is -0.920. The molecule has 1 aromatic rings. The van der Waals surface area contributed by atoms with E-state index in [-0.39, 0.29) is 22.8 Å². The van der Waals surface area contributed by atoms with E-state index in [0.717, 1.165) is 7.11 Å². The molecule has 0 saturated carbocycles. The third-order valence-corrected chi connectivity index (χ3v) is 5.53. The van der Waals surface area contributed by atoms with Gasteiger partial charge in [-0.05, 0) is 25.0 Å². The Morgan fingerprint density at radius 2 is 1.50 bits per heavy atom. The van der Waals surface area contributed by atoms with E-state index in [4.69, 9.17) is 0 Å². The van der Waals surface area contributed by atoms with Crippen LogP contribution in [0.1, 0.15) is 12.8 Å². The molecular weight excluding hydrogens is 276 g/mol. The van der Waals surface area contributed by atoms with Gasteiger partial charge in [-0.2, -0.15) is 8.42 Å². The lowest BCUT2D eigenvalue weighted by molar-refractivity contribution is 0.396. The minimum absolute atomic E-state index is 0.0593. The molecule has 0 aliphatic carbocycles. The second-order valence-electron chi connectivity index (χ2n) is 3.77. The summed E-state index contributed by atoms with van der Waals surface area (Å²) in [5, 5.41) is 0. The zero-order valence-corrected chi connectivity index (χ0v) is 11.7. The van der Waals surface area contributed by atoms with Gasteiger partial charge >= 0.3 is 0 Å². The summed E-state index contributed by atoms with van der Waals surface area (Å²) in [5.41, 5.74) is 0. The van der Waals surface area contributed by atoms with Crippen LogP contribution in [-0.2, 0) is 24.1 Å². The first kappa shape index (κ1) is 15.1. The number of hydrogen-bond acceptors (Lipinski definition) is 5. The van der Waals surface area contributed by atoms with E-state index in [9.17, 15) is 16.8 Å². The van der Waals surface area contributed by atoms with Crippen LogP contribution in [0.15, 0.2) is 35.2 Å². The number of sulfone groups is 1. The molecule has 1 aromatic carbocycles. The second-order valence-corrected chi connectivity index (χ2v) is 7.73. The highest BCUT2D eigenvalue weighted by atomic mass is 32.2. The van der Waals surface area contributed by atoms with Crippen molar-refractivity contribution in [2.45, 2.75) is 17.7 Å². The summed E-state index contributed by atoms with van der Waals surface area (Å²) in [7, 11) is -5.72. The fraction of sp³-hybridized carbons (Fsp3) is 0.455. The molecule has 0 N–H and O–H groups in total. The van der Waals surface area contributed by atoms with Gasteiger partial charge in [-0.15, -0.1) is 0 Å². The quantitative estimate of drug-likeness (QED) is 0.558. The summed E-state index contributed by atoms with van der Waals surface area (Å²) >= 11 is 0. The molecular formula is C11H16O5S2. The fourth-order valence-corrected chi connectivity index (χ4v) is 3.52. The molecule has 5 nitrogen and oxygen atoms in total. The van der Waals surface area contributed by atoms with Crippen molar-refractivity contribution in [3.63, 3.8) is 0 Å². The fourth-order valence-electron chi connectivity index (χ4n) is 1.40. The maximum Gasteiger partial charge on any atom is 0.267 e. The third-order valence-electron chi connectivity index (χ3n) is 2.41. The Bertz CT molecular complexity index is 561. The lowest BCUT2D eigenvalue weighted by Crippen LogP contribution is -2.11. The van der Waals surface area contributed by atoms with Crippen LogP contribution >= 0.6 is 0 Å². The van der Waals surface area contributed by atoms with Crippen LogP contribution in [0.2, 0.25) is 0 Å². The van der Waals surface area contributed by atoms with Crippen molar-refractivity contribution in [2.75, 3.05) is 18.6 Å². The van der Waals surface area contributed by atoms with Crippen molar-refractivity contribution in [1.29, 1.82) is 0 Å². The molecule has 7 heteroatoms. The van der Waals surface area contributed by atoms with Crippen molar-refractivity contribution in [2.24, 2.45) is 0 Å². The summed E-state index contributed by atoms with van der Waals surface area (Å²) in [6, 6.07) is 8.11. The molecule has 0 radical (unpaired) electrons. The average molecular weight is 292 g/mol. The monoisotopic (exact) mass is 292 g/mol. The first-order chi connectivity index (χ1) is 8.37. The van der Waals surface area contributed by atoms with Crippen LogP contribution in [0.4, 0.5) is 0 Å². The van der Waals surface area contributed by atoms with Gasteiger partial charge in [0, 0.05) is 0 Å². The molecule has 0 aliphatic rings. The van der Waals surface area contributed by atoms with Crippen molar-refractivity contribution in [1.82, 2.24) is 0 Å². The van der Waals surface area contributed by atoms with Crippen LogP contribution < -0.4 is 0 Å². The molecule has 0 atom stereocenters. The van der Waals surface area contributed by atoms with Crippen LogP contribution in [0.3, 0.4) is 0 Å². The Morgan fingerprint density at radius 3 is 2.06 bits per heavy atom. The second kappa shape index (κ2) is 6.31. The van der Waals surface area contributed by atoms with E-state index >= 15 is 0 Å². The highest BCUT2D eigenvalue weighted by Gasteiger charge is 2.14. The first-order valence-electron chi connectivity index (χ1n) is 5.43. The molecule has 0 saturated heterocycles. The van der Waals surface area contributed by atoms with Gasteiger partial charge in [0.15, 0.2) is 9.84 Å². The third kappa shape index (κ3) is 4.75. The van der Waals surface area contributed by atoms with Crippen molar-refractivity contribution < 1.29 is 21.0 Å². The lowest BCUT2D eigenvalue weighted by atomic mass is 10.4. The van der Waals surface area contributed by atoms with Gasteiger partial charge in [0.2, 0.25) is 0 Å². The summed E-state index contributed by atoms with van der Waals surface area (Å²) in [6.07, 6.45) is 0.558. The molecule has 0 bridgehead atoms. The summed E-state index contributed by atoms with van der Waals surface area (Å²) in [5.74, 6) is -0.218. The van der Waals surface area contributed by atoms with Gasteiger partial charge < -0.3 is 0 Å². The zero-order valence-electron chi connectivity index (χ0n) is 10.1. The molecule has 0 spiro atoms. The SMILES string of the molecule is COS(=O)(=O)CCCCS(=O)(=O)c1ccccc1. The normalized spacial score (nSPS) is 12.5. The zero-order chi connectivity index (χ0) is 13.6. The number of rotatable bonds is 7. The largest absolute Gasteiger partial charge is 0.273 e. The van der Waals surface area contributed by atoms with Crippen LogP contribution in [-0.4, -0.2) is 35.5 Å². The average Bonchev–Trinajstić information content (AvgIpc) is 2.36. The Kier molecular flexibility index (Phi) is 5.30. The summed E-state index contributed by atoms with van der Waals surface area (Å²) in [6.45, 7) is 0. The van der Waals surface area contributed by atoms with Crippen molar-refractivity contribution in [3.8, 4) is 0 Å². The minimum atomic E-state index is -3.50. The summed E-state index contributed by atoms with van der Waals surface area (Å²) in [4.78, 5) is 0.264. The van der Waals surface area contributed by atoms with Crippen LogP contribution in [0, 0.1) is 0 Å². The Balaban J connectivity index is 2.50. The maximum absolute atomic E-state index is 11.8. The lowest BCUT2D eigenvalue weighted by Gasteiger charge is -2.04. The molecule has 0 aromatic heterocycles. The van der Waals surface area contributed by atoms with Gasteiger partial charge in [0.1, 0.15) is 0 Å². The van der Waals surface area contributed by atoms with E-state index in [0.29, 0.717) is 6.42 Å². The Labute approximate surface area is 108 Å². The Morgan fingerprint density at radius 1 is 0.944 bits per heavy atom. The van der Waals surface area contributed by atoms with Gasteiger partial charge in [-0.1, -0.05) is 18.2 Å². The molecule has 18 heavy (non-hydrogen) atoms. The van der Waals surface area contributed by atoms with Crippen LogP contribution in [0.25, 0.3) is 0 Å². The predicted octanol–water partition coefficient (Wildman–Crippen LogP) is 1.22. The molecule has 0 heterocycles. The van der Waals surface area contributed by atoms with Gasteiger partial charge in [-0.25, -0.2) is 8.42 Å². The first-order valence-corrected chi connectivity index (χ1v) is 8.66. The van der Waals surface area contributed by atoms with E-state index in [2.05, 4.69) is 4.18 Å². The molecule has 1 rings (SSSR count). The van der Waals surface area contributed by atoms with Crippen LogP contribution in [0.5, 0.6) is 0 Å². The molecule has 0 fully saturated rings. The van der Waals surface area contributed by atoms with E-state index in [1.165, 1.54) is 12.1 Å². The number of unbranched alkanes of at least 4 members (excludes halogenated alkanes) is 1. The van der Waals surface area contributed by atoms with E-state index < -0.39 is 20.0 Å². The minimum Gasteiger partial charge on any atom is -0.273 e. The molecule has 102 valence electrons. The van der Waals surface area contributed by atoms with Crippen molar-refractivity contribution in [3.05, 3.63) is 30.3 Å². The molecule has 0 aliphatic heterocycles. The number of benzene rings is 1. The van der Waals surface area contributed by atoms with E-state index in [1.54, 1.807) is 18.2 Å². The molecule has 0 amide bonds. The highest BCUT2D eigenvalue weighted by molar-refractivity contribution is 7.91. The smallest absolute Gasteiger partial charge is 0.267 e. The number of hydrogen-bond donors (Lipinski definition) is 0. The maximum atomic E-state index is 11.8.